The van der Waals surface area contributed by atoms with Crippen LogP contribution >= 0.6 is 0 Å². The number of ether oxygens (including phenoxy) is 1. The van der Waals surface area contributed by atoms with Gasteiger partial charge in [0.25, 0.3) is 0 Å². The van der Waals surface area contributed by atoms with Crippen molar-refractivity contribution in [2.24, 2.45) is 0 Å². The van der Waals surface area contributed by atoms with Crippen LogP contribution in [0, 0.1) is 5.82 Å². The molecule has 1 fully saturated rings. The minimum atomic E-state index is -1.22. The average Bonchev–Trinajstić information content (AvgIpc) is 2.73. The number of hydrogen-bond acceptors (Lipinski definition) is 3. The van der Waals surface area contributed by atoms with Gasteiger partial charge in [0.1, 0.15) is 17.5 Å². The van der Waals surface area contributed by atoms with Gasteiger partial charge in [0.2, 0.25) is 5.88 Å². The summed E-state index contributed by atoms with van der Waals surface area (Å²) in [5.74, 6) is -1.88. The second-order valence-electron chi connectivity index (χ2n) is 3.84. The first kappa shape index (κ1) is 10.9. The molecule has 16 heavy (non-hydrogen) atoms. The Kier molecular flexibility index (Phi) is 3.03. The van der Waals surface area contributed by atoms with Crippen LogP contribution in [0.1, 0.15) is 36.0 Å². The van der Waals surface area contributed by atoms with Gasteiger partial charge in [-0.1, -0.05) is 0 Å². The standard InChI is InChI=1S/C11H12FNO3/c12-7-5-9(11(14)15)10(13-6-7)16-8-3-1-2-4-8/h5-6,8H,1-4H2,(H,14,15). The van der Waals surface area contributed by atoms with Crippen molar-refractivity contribution in [2.45, 2.75) is 31.8 Å². The number of nitrogens with zero attached hydrogens (tertiary/aromatic N) is 1. The van der Waals surface area contributed by atoms with Crippen LogP contribution in [-0.4, -0.2) is 22.2 Å². The van der Waals surface area contributed by atoms with E-state index in [9.17, 15) is 9.18 Å². The van der Waals surface area contributed by atoms with Gasteiger partial charge in [0.15, 0.2) is 0 Å². The summed E-state index contributed by atoms with van der Waals surface area (Å²) in [6, 6.07) is 0.930. The minimum Gasteiger partial charge on any atom is -0.477 e. The van der Waals surface area contributed by atoms with Crippen LogP contribution in [0.5, 0.6) is 5.88 Å². The van der Waals surface area contributed by atoms with E-state index in [1.54, 1.807) is 0 Å². The Bertz CT molecular complexity index is 402. The number of carbonyl (C=O) groups is 1. The summed E-state index contributed by atoms with van der Waals surface area (Å²) in [4.78, 5) is 14.5. The average molecular weight is 225 g/mol. The highest BCUT2D eigenvalue weighted by molar-refractivity contribution is 5.90. The molecule has 0 aliphatic heterocycles. The normalized spacial score (nSPS) is 16.3. The fourth-order valence-electron chi connectivity index (χ4n) is 1.84. The number of carboxylic acid groups (broad SMARTS) is 1. The lowest BCUT2D eigenvalue weighted by molar-refractivity contribution is 0.0687. The van der Waals surface area contributed by atoms with Gasteiger partial charge in [-0.3, -0.25) is 0 Å². The molecule has 5 heteroatoms. The van der Waals surface area contributed by atoms with Crippen molar-refractivity contribution in [1.29, 1.82) is 0 Å². The van der Waals surface area contributed by atoms with Gasteiger partial charge in [-0.2, -0.15) is 0 Å². The molecule has 1 saturated carbocycles. The van der Waals surface area contributed by atoms with Crippen molar-refractivity contribution >= 4 is 5.97 Å². The molecule has 1 aliphatic rings. The van der Waals surface area contributed by atoms with E-state index >= 15 is 0 Å². The quantitative estimate of drug-likeness (QED) is 0.857. The van der Waals surface area contributed by atoms with Crippen LogP contribution in [0.2, 0.25) is 0 Å². The summed E-state index contributed by atoms with van der Waals surface area (Å²) < 4.78 is 18.3. The number of rotatable bonds is 3. The molecule has 0 atom stereocenters. The predicted octanol–water partition coefficient (Wildman–Crippen LogP) is 2.24. The highest BCUT2D eigenvalue weighted by Crippen LogP contribution is 2.25. The van der Waals surface area contributed by atoms with Crippen molar-refractivity contribution in [3.8, 4) is 5.88 Å². The predicted molar refractivity (Wildman–Crippen MR) is 54.0 cm³/mol. The number of aromatic carboxylic acids is 1. The Hall–Kier alpha value is -1.65. The number of carboxylic acids is 1. The van der Waals surface area contributed by atoms with Crippen LogP contribution in [0.4, 0.5) is 4.39 Å². The molecule has 4 nitrogen and oxygen atoms in total. The minimum absolute atomic E-state index is 0.0102. The molecule has 0 saturated heterocycles. The Morgan fingerprint density at radius 2 is 2.19 bits per heavy atom. The third-order valence-corrected chi connectivity index (χ3v) is 2.63. The maximum Gasteiger partial charge on any atom is 0.341 e. The largest absolute Gasteiger partial charge is 0.477 e. The van der Waals surface area contributed by atoms with E-state index in [0.717, 1.165) is 37.9 Å². The first-order chi connectivity index (χ1) is 7.66. The molecule has 0 bridgehead atoms. The van der Waals surface area contributed by atoms with E-state index in [2.05, 4.69) is 4.98 Å². The first-order valence-electron chi connectivity index (χ1n) is 5.22. The molecule has 0 aromatic carbocycles. The topological polar surface area (TPSA) is 59.4 Å². The van der Waals surface area contributed by atoms with Gasteiger partial charge in [-0.25, -0.2) is 14.2 Å². The highest BCUT2D eigenvalue weighted by atomic mass is 19.1. The third kappa shape index (κ3) is 2.29. The van der Waals surface area contributed by atoms with E-state index in [4.69, 9.17) is 9.84 Å². The molecule has 0 spiro atoms. The molecule has 1 heterocycles. The van der Waals surface area contributed by atoms with E-state index < -0.39 is 11.8 Å². The molecular weight excluding hydrogens is 213 g/mol. The van der Waals surface area contributed by atoms with E-state index in [-0.39, 0.29) is 17.5 Å². The first-order valence-corrected chi connectivity index (χ1v) is 5.22. The van der Waals surface area contributed by atoms with Gasteiger partial charge in [-0.05, 0) is 31.7 Å². The van der Waals surface area contributed by atoms with Crippen LogP contribution in [-0.2, 0) is 0 Å². The lowest BCUT2D eigenvalue weighted by Gasteiger charge is -2.13. The smallest absolute Gasteiger partial charge is 0.341 e. The van der Waals surface area contributed by atoms with Crippen LogP contribution < -0.4 is 4.74 Å². The van der Waals surface area contributed by atoms with E-state index in [0.29, 0.717) is 0 Å². The second-order valence-corrected chi connectivity index (χ2v) is 3.84. The fraction of sp³-hybridized carbons (Fsp3) is 0.455. The maximum absolute atomic E-state index is 12.8. The lowest BCUT2D eigenvalue weighted by atomic mass is 10.2. The lowest BCUT2D eigenvalue weighted by Crippen LogP contribution is -2.15. The molecule has 0 radical (unpaired) electrons. The second kappa shape index (κ2) is 4.47. The van der Waals surface area contributed by atoms with Crippen molar-refractivity contribution in [2.75, 3.05) is 0 Å². The molecular formula is C11H12FNO3. The van der Waals surface area contributed by atoms with Gasteiger partial charge >= 0.3 is 5.97 Å². The van der Waals surface area contributed by atoms with Gasteiger partial charge < -0.3 is 9.84 Å². The van der Waals surface area contributed by atoms with Gasteiger partial charge in [-0.15, -0.1) is 0 Å². The van der Waals surface area contributed by atoms with E-state index in [1.807, 2.05) is 0 Å². The summed E-state index contributed by atoms with van der Waals surface area (Å²) in [6.45, 7) is 0. The van der Waals surface area contributed by atoms with Gasteiger partial charge in [0.05, 0.1) is 6.20 Å². The number of pyridine rings is 1. The maximum atomic E-state index is 12.8. The molecule has 1 N–H and O–H groups in total. The summed E-state index contributed by atoms with van der Waals surface area (Å²) >= 11 is 0. The molecule has 86 valence electrons. The van der Waals surface area contributed by atoms with Crippen LogP contribution in [0.25, 0.3) is 0 Å². The van der Waals surface area contributed by atoms with Crippen molar-refractivity contribution in [3.05, 3.63) is 23.6 Å². The van der Waals surface area contributed by atoms with Crippen LogP contribution in [0.3, 0.4) is 0 Å². The monoisotopic (exact) mass is 225 g/mol. The Balaban J connectivity index is 2.21. The molecule has 0 unspecified atom stereocenters. The SMILES string of the molecule is O=C(O)c1cc(F)cnc1OC1CCCC1. The van der Waals surface area contributed by atoms with Crippen LogP contribution in [0.15, 0.2) is 12.3 Å². The van der Waals surface area contributed by atoms with Crippen molar-refractivity contribution in [3.63, 3.8) is 0 Å². The molecule has 1 aromatic heterocycles. The molecule has 1 aliphatic carbocycles. The number of hydrogen-bond donors (Lipinski definition) is 1. The van der Waals surface area contributed by atoms with Crippen molar-refractivity contribution < 1.29 is 19.0 Å². The number of halogens is 1. The highest BCUT2D eigenvalue weighted by Gasteiger charge is 2.21. The Labute approximate surface area is 92.1 Å². The summed E-state index contributed by atoms with van der Waals surface area (Å²) in [7, 11) is 0. The summed E-state index contributed by atoms with van der Waals surface area (Å²) in [5, 5.41) is 8.88. The zero-order chi connectivity index (χ0) is 11.5. The third-order valence-electron chi connectivity index (χ3n) is 2.63. The molecule has 0 amide bonds. The van der Waals surface area contributed by atoms with E-state index in [1.165, 1.54) is 0 Å². The fourth-order valence-corrected chi connectivity index (χ4v) is 1.84. The molecule has 1 aromatic rings. The number of aromatic nitrogens is 1. The van der Waals surface area contributed by atoms with Gasteiger partial charge in [0, 0.05) is 0 Å². The summed E-state index contributed by atoms with van der Waals surface area (Å²) in [5.41, 5.74) is -0.216. The zero-order valence-electron chi connectivity index (χ0n) is 8.65. The summed E-state index contributed by atoms with van der Waals surface area (Å²) in [6.07, 6.45) is 4.94. The zero-order valence-corrected chi connectivity index (χ0v) is 8.65. The Morgan fingerprint density at radius 3 is 2.81 bits per heavy atom. The Morgan fingerprint density at radius 1 is 1.50 bits per heavy atom. The molecule has 2 rings (SSSR count). The van der Waals surface area contributed by atoms with Crippen molar-refractivity contribution in [1.82, 2.24) is 4.98 Å².